The first-order valence-electron chi connectivity index (χ1n) is 13.7. The molecule has 0 bridgehead atoms. The number of carbonyl (C=O) groups is 1. The lowest BCUT2D eigenvalue weighted by Crippen LogP contribution is -2.49. The number of aliphatic hydroxyl groups is 1. The van der Waals surface area contributed by atoms with E-state index in [0.717, 1.165) is 62.0 Å². The van der Waals surface area contributed by atoms with E-state index in [4.69, 9.17) is 4.74 Å². The predicted octanol–water partition coefficient (Wildman–Crippen LogP) is 6.20. The number of rotatable bonds is 8. The summed E-state index contributed by atoms with van der Waals surface area (Å²) in [7, 11) is 0. The quantitative estimate of drug-likeness (QED) is 0.464. The highest BCUT2D eigenvalue weighted by atomic mass is 16.5. The molecule has 1 amide bonds. The molecule has 1 saturated heterocycles. The second-order valence-corrected chi connectivity index (χ2v) is 11.1. The Morgan fingerprint density at radius 2 is 1.94 bits per heavy atom. The van der Waals surface area contributed by atoms with E-state index < -0.39 is 0 Å². The average Bonchev–Trinajstić information content (AvgIpc) is 3.35. The summed E-state index contributed by atoms with van der Waals surface area (Å²) in [6, 6.07) is 17.6. The minimum atomic E-state index is -0.0569. The van der Waals surface area contributed by atoms with Crippen LogP contribution in [0.1, 0.15) is 82.0 Å². The number of nitrogens with one attached hydrogen (secondary N) is 1. The molecule has 2 N–H and O–H groups in total. The molecule has 2 aromatic rings. The lowest BCUT2D eigenvalue weighted by Gasteiger charge is -2.45. The fourth-order valence-corrected chi connectivity index (χ4v) is 6.28. The van der Waals surface area contributed by atoms with Gasteiger partial charge in [-0.25, -0.2) is 0 Å². The van der Waals surface area contributed by atoms with E-state index >= 15 is 0 Å². The van der Waals surface area contributed by atoms with Gasteiger partial charge in [0.05, 0.1) is 11.9 Å². The van der Waals surface area contributed by atoms with Gasteiger partial charge in [-0.1, -0.05) is 50.2 Å². The summed E-state index contributed by atoms with van der Waals surface area (Å²) >= 11 is 0. The molecule has 5 heteroatoms. The van der Waals surface area contributed by atoms with Gasteiger partial charge in [-0.05, 0) is 80.8 Å². The Morgan fingerprint density at radius 3 is 2.72 bits per heavy atom. The van der Waals surface area contributed by atoms with Crippen LogP contribution in [0.5, 0.6) is 5.75 Å². The summed E-state index contributed by atoms with van der Waals surface area (Å²) < 4.78 is 6.37. The molecule has 0 spiro atoms. The zero-order valence-corrected chi connectivity index (χ0v) is 21.9. The van der Waals surface area contributed by atoms with Crippen LogP contribution in [0.4, 0.5) is 0 Å². The SMILES string of the molecule is CC(C)C(=O)N[C@H]1CC(O)=C2c3cc(O[C@H](C)CCCc4ccccc4)ccc3C3CCCN3C2C1. The first kappa shape index (κ1) is 24.9. The molecular formula is C31H40N2O3. The zero-order valence-electron chi connectivity index (χ0n) is 21.9. The van der Waals surface area contributed by atoms with E-state index in [1.165, 1.54) is 11.1 Å². The van der Waals surface area contributed by atoms with Crippen molar-refractivity contribution in [3.05, 3.63) is 71.0 Å². The predicted molar refractivity (Wildman–Crippen MR) is 144 cm³/mol. The van der Waals surface area contributed by atoms with Gasteiger partial charge in [0.2, 0.25) is 5.91 Å². The Labute approximate surface area is 215 Å². The van der Waals surface area contributed by atoms with Crippen LogP contribution in [0, 0.1) is 5.92 Å². The Hall–Kier alpha value is -2.79. The first-order chi connectivity index (χ1) is 17.4. The summed E-state index contributed by atoms with van der Waals surface area (Å²) in [5.74, 6) is 1.29. The van der Waals surface area contributed by atoms with Gasteiger partial charge < -0.3 is 15.2 Å². The standard InChI is InChI=1S/C31H40N2O3/c1-20(2)31(35)32-23-17-28-30(29(34)18-23)26-19-24(14-15-25(26)27-13-8-16-33(27)28)36-21(3)9-7-12-22-10-5-4-6-11-22/h4-6,10-11,14-15,19-21,23,27-28,34H,7-9,12-13,16-18H2,1-3H3,(H,32,35)/t21-,23-,27?,28?/m1/s1. The van der Waals surface area contributed by atoms with E-state index in [9.17, 15) is 9.90 Å². The number of carbonyl (C=O) groups excluding carboxylic acids is 1. The molecule has 2 aliphatic heterocycles. The molecular weight excluding hydrogens is 448 g/mol. The van der Waals surface area contributed by atoms with Crippen molar-refractivity contribution in [2.75, 3.05) is 6.54 Å². The van der Waals surface area contributed by atoms with Crippen LogP contribution in [0.15, 0.2) is 54.3 Å². The van der Waals surface area contributed by atoms with Crippen molar-refractivity contribution in [1.29, 1.82) is 0 Å². The number of hydrogen-bond acceptors (Lipinski definition) is 4. The van der Waals surface area contributed by atoms with E-state index in [-0.39, 0.29) is 30.0 Å². The molecule has 2 unspecified atom stereocenters. The average molecular weight is 489 g/mol. The van der Waals surface area contributed by atoms with E-state index in [1.807, 2.05) is 13.8 Å². The maximum absolute atomic E-state index is 12.4. The first-order valence-corrected chi connectivity index (χ1v) is 13.7. The molecule has 3 aliphatic rings. The van der Waals surface area contributed by atoms with Crippen molar-refractivity contribution in [2.45, 2.75) is 89.9 Å². The number of ether oxygens (including phenoxy) is 1. The van der Waals surface area contributed by atoms with Gasteiger partial charge in [-0.2, -0.15) is 0 Å². The number of benzene rings is 2. The number of hydrogen-bond donors (Lipinski definition) is 2. The molecule has 1 aliphatic carbocycles. The molecule has 192 valence electrons. The molecule has 0 radical (unpaired) electrons. The van der Waals surface area contributed by atoms with Gasteiger partial charge in [0.25, 0.3) is 0 Å². The monoisotopic (exact) mass is 488 g/mol. The second-order valence-electron chi connectivity index (χ2n) is 11.1. The summed E-state index contributed by atoms with van der Waals surface area (Å²) in [4.78, 5) is 14.9. The number of aliphatic hydroxyl groups excluding tert-OH is 1. The molecule has 4 atom stereocenters. The van der Waals surface area contributed by atoms with E-state index in [2.05, 4.69) is 65.7 Å². The van der Waals surface area contributed by atoms with Gasteiger partial charge in [-0.3, -0.25) is 9.69 Å². The van der Waals surface area contributed by atoms with E-state index in [0.29, 0.717) is 18.2 Å². The molecule has 1 fully saturated rings. The molecule has 36 heavy (non-hydrogen) atoms. The maximum Gasteiger partial charge on any atom is 0.222 e. The van der Waals surface area contributed by atoms with Gasteiger partial charge in [-0.15, -0.1) is 0 Å². The molecule has 5 nitrogen and oxygen atoms in total. The third-order valence-corrected chi connectivity index (χ3v) is 8.09. The van der Waals surface area contributed by atoms with Crippen LogP contribution in [-0.2, 0) is 11.2 Å². The zero-order chi connectivity index (χ0) is 25.2. The highest BCUT2D eigenvalue weighted by Gasteiger charge is 2.44. The van der Waals surface area contributed by atoms with Crippen LogP contribution in [0.25, 0.3) is 5.57 Å². The van der Waals surface area contributed by atoms with Crippen molar-refractivity contribution < 1.29 is 14.6 Å². The number of amides is 1. The summed E-state index contributed by atoms with van der Waals surface area (Å²) in [6.45, 7) is 7.01. The van der Waals surface area contributed by atoms with Crippen LogP contribution >= 0.6 is 0 Å². The minimum absolute atomic E-state index is 0.0273. The number of fused-ring (bicyclic) bond motifs is 6. The fraction of sp³-hybridized carbons (Fsp3) is 0.516. The van der Waals surface area contributed by atoms with Crippen LogP contribution < -0.4 is 10.1 Å². The van der Waals surface area contributed by atoms with Crippen LogP contribution in [0.2, 0.25) is 0 Å². The number of nitrogens with zero attached hydrogens (tertiary/aromatic N) is 1. The normalized spacial score (nSPS) is 24.2. The lowest BCUT2D eigenvalue weighted by atomic mass is 9.77. The van der Waals surface area contributed by atoms with Crippen molar-refractivity contribution in [1.82, 2.24) is 10.2 Å². The Kier molecular flexibility index (Phi) is 7.38. The van der Waals surface area contributed by atoms with Crippen molar-refractivity contribution in [3.8, 4) is 5.75 Å². The Bertz CT molecular complexity index is 1110. The Balaban J connectivity index is 1.33. The molecule has 0 aromatic heterocycles. The van der Waals surface area contributed by atoms with Crippen molar-refractivity contribution in [3.63, 3.8) is 0 Å². The van der Waals surface area contributed by atoms with Crippen LogP contribution in [-0.4, -0.2) is 40.6 Å². The molecule has 2 heterocycles. The highest BCUT2D eigenvalue weighted by molar-refractivity contribution is 5.80. The summed E-state index contributed by atoms with van der Waals surface area (Å²) in [5, 5.41) is 14.4. The van der Waals surface area contributed by atoms with Gasteiger partial charge in [0.1, 0.15) is 5.75 Å². The lowest BCUT2D eigenvalue weighted by molar-refractivity contribution is -0.124. The minimum Gasteiger partial charge on any atom is -0.512 e. The fourth-order valence-electron chi connectivity index (χ4n) is 6.28. The van der Waals surface area contributed by atoms with Crippen LogP contribution in [0.3, 0.4) is 0 Å². The van der Waals surface area contributed by atoms with Gasteiger partial charge in [0.15, 0.2) is 0 Å². The highest BCUT2D eigenvalue weighted by Crippen LogP contribution is 2.50. The number of aryl methyl sites for hydroxylation is 1. The molecule has 2 aromatic carbocycles. The third-order valence-electron chi connectivity index (χ3n) is 8.09. The molecule has 0 saturated carbocycles. The molecule has 5 rings (SSSR count). The van der Waals surface area contributed by atoms with Crippen molar-refractivity contribution >= 4 is 11.5 Å². The smallest absolute Gasteiger partial charge is 0.222 e. The summed E-state index contributed by atoms with van der Waals surface area (Å²) in [6.07, 6.45) is 6.90. The largest absolute Gasteiger partial charge is 0.512 e. The van der Waals surface area contributed by atoms with E-state index in [1.54, 1.807) is 0 Å². The van der Waals surface area contributed by atoms with Gasteiger partial charge >= 0.3 is 0 Å². The Morgan fingerprint density at radius 1 is 1.14 bits per heavy atom. The second kappa shape index (κ2) is 10.7. The van der Waals surface area contributed by atoms with Crippen molar-refractivity contribution in [2.24, 2.45) is 5.92 Å². The van der Waals surface area contributed by atoms with Gasteiger partial charge in [0, 0.05) is 36.0 Å². The summed E-state index contributed by atoms with van der Waals surface area (Å²) in [5.41, 5.74) is 4.86. The maximum atomic E-state index is 12.4. The third kappa shape index (κ3) is 5.17. The topological polar surface area (TPSA) is 61.8 Å².